The Morgan fingerprint density at radius 3 is 1.80 bits per heavy atom. The third kappa shape index (κ3) is 11.3. The summed E-state index contributed by atoms with van der Waals surface area (Å²) in [6, 6.07) is 8.88. The molecule has 0 amide bonds. The highest BCUT2D eigenvalue weighted by Gasteiger charge is 2.06. The molecule has 0 aliphatic rings. The largest absolute Gasteiger partial charge is 0.753 e. The summed E-state index contributed by atoms with van der Waals surface area (Å²) in [6.07, 6.45) is 15.3. The molecule has 0 aliphatic carbocycles. The number of nitrogens with zero attached hydrogens (tertiary/aromatic N) is 1. The Kier molecular flexibility index (Phi) is 13.6. The van der Waals surface area contributed by atoms with E-state index in [1.54, 1.807) is 24.3 Å². The minimum atomic E-state index is -2.41. The van der Waals surface area contributed by atoms with Gasteiger partial charge in [-0.15, -0.1) is 0 Å². The Bertz CT molecular complexity index is 442. The summed E-state index contributed by atoms with van der Waals surface area (Å²) >= 11 is -2.41. The minimum absolute atomic E-state index is 0.431. The Morgan fingerprint density at radius 1 is 0.840 bits per heavy atom. The second-order valence-corrected chi connectivity index (χ2v) is 7.30. The summed E-state index contributed by atoms with van der Waals surface area (Å²) in [6.45, 7) is 2.69. The number of anilines is 1. The van der Waals surface area contributed by atoms with E-state index in [9.17, 15) is 8.76 Å². The van der Waals surface area contributed by atoms with Gasteiger partial charge >= 0.3 is 0 Å². The van der Waals surface area contributed by atoms with Crippen molar-refractivity contribution in [3.8, 4) is 0 Å². The zero-order chi connectivity index (χ0) is 18.2. The lowest BCUT2D eigenvalue weighted by Crippen LogP contribution is -2.26. The molecule has 1 aromatic carbocycles. The summed E-state index contributed by atoms with van der Waals surface area (Å²) < 4.78 is 23.5. The molecule has 25 heavy (non-hydrogen) atoms. The van der Waals surface area contributed by atoms with Crippen LogP contribution in [-0.4, -0.2) is 15.4 Å². The van der Waals surface area contributed by atoms with Crippen molar-refractivity contribution in [3.63, 3.8) is 0 Å². The van der Waals surface area contributed by atoms with E-state index in [-0.39, 0.29) is 0 Å². The van der Waals surface area contributed by atoms with Gasteiger partial charge in [0.15, 0.2) is 0 Å². The monoisotopic (exact) mass is 368 g/mol. The topological polar surface area (TPSA) is 52.6 Å². The predicted octanol–water partition coefficient (Wildman–Crippen LogP) is 5.92. The summed E-state index contributed by atoms with van der Waals surface area (Å²) in [4.78, 5) is 5.40. The van der Waals surface area contributed by atoms with Crippen molar-refractivity contribution in [1.29, 1.82) is 0 Å². The van der Waals surface area contributed by atoms with Gasteiger partial charge in [0.2, 0.25) is 0 Å². The van der Waals surface area contributed by atoms with Crippen LogP contribution in [0.15, 0.2) is 30.3 Å². The summed E-state index contributed by atoms with van der Waals surface area (Å²) in [5, 5.41) is 0. The van der Waals surface area contributed by atoms with Gasteiger partial charge in [0.25, 0.3) is 0 Å². The minimum Gasteiger partial charge on any atom is -0.753 e. The molecule has 0 saturated carbocycles. The molecule has 0 aromatic heterocycles. The molecule has 1 atom stereocenters. The number of hydrogen-bond donors (Lipinski definition) is 0. The van der Waals surface area contributed by atoms with Crippen molar-refractivity contribution in [2.75, 3.05) is 11.1 Å². The average Bonchev–Trinajstić information content (AvgIpc) is 2.62. The van der Waals surface area contributed by atoms with Crippen LogP contribution in [0.25, 0.3) is 0 Å². The van der Waals surface area contributed by atoms with Crippen molar-refractivity contribution < 1.29 is 13.6 Å². The molecule has 0 heterocycles. The summed E-state index contributed by atoms with van der Waals surface area (Å²) in [7, 11) is 0. The van der Waals surface area contributed by atoms with Crippen molar-refractivity contribution in [1.82, 2.24) is 0 Å². The van der Waals surface area contributed by atoms with Crippen LogP contribution in [0.1, 0.15) is 84.0 Å². The first-order valence-corrected chi connectivity index (χ1v) is 10.9. The highest BCUT2D eigenvalue weighted by molar-refractivity contribution is 7.80. The number of benzene rings is 1. The molecule has 0 saturated heterocycles. The fraction of sp³-hybridized carbons (Fsp3) is 0.700. The van der Waals surface area contributed by atoms with E-state index in [0.717, 1.165) is 17.3 Å². The number of hydrogen-bond acceptors (Lipinski definition) is 3. The highest BCUT2D eigenvalue weighted by Crippen LogP contribution is 2.16. The van der Waals surface area contributed by atoms with E-state index in [0.29, 0.717) is 12.3 Å². The van der Waals surface area contributed by atoms with Crippen LogP contribution in [-0.2, 0) is 16.1 Å². The average molecular weight is 369 g/mol. The van der Waals surface area contributed by atoms with Gasteiger partial charge in [-0.3, -0.25) is 4.84 Å². The smallest absolute Gasteiger partial charge is 0.0781 e. The van der Waals surface area contributed by atoms with Crippen molar-refractivity contribution in [2.24, 2.45) is 0 Å². The molecular weight excluding hydrogens is 334 g/mol. The number of rotatable bonds is 16. The first kappa shape index (κ1) is 22.1. The molecule has 0 aliphatic heterocycles. The summed E-state index contributed by atoms with van der Waals surface area (Å²) in [5.41, 5.74) is 0.537. The van der Waals surface area contributed by atoms with E-state index in [2.05, 4.69) is 6.92 Å². The van der Waals surface area contributed by atoms with Crippen LogP contribution in [0.2, 0.25) is 0 Å². The zero-order valence-electron chi connectivity index (χ0n) is 15.7. The van der Waals surface area contributed by atoms with Gasteiger partial charge in [-0.1, -0.05) is 95.8 Å². The molecule has 1 rings (SSSR count). The van der Waals surface area contributed by atoms with Gasteiger partial charge in [-0.25, -0.2) is 4.21 Å². The van der Waals surface area contributed by atoms with E-state index in [1.807, 2.05) is 6.07 Å². The first-order valence-electron chi connectivity index (χ1n) is 9.83. The van der Waals surface area contributed by atoms with Crippen LogP contribution >= 0.6 is 0 Å². The molecule has 0 spiro atoms. The lowest BCUT2D eigenvalue weighted by Gasteiger charge is -2.24. The van der Waals surface area contributed by atoms with Crippen LogP contribution in [0.5, 0.6) is 0 Å². The third-order valence-electron chi connectivity index (χ3n) is 4.31. The second-order valence-electron chi connectivity index (χ2n) is 6.53. The maximum atomic E-state index is 11.3. The Morgan fingerprint density at radius 2 is 1.32 bits per heavy atom. The van der Waals surface area contributed by atoms with Crippen molar-refractivity contribution in [2.45, 2.75) is 84.0 Å². The van der Waals surface area contributed by atoms with Gasteiger partial charge in [-0.2, -0.15) is 4.47 Å². The van der Waals surface area contributed by atoms with Gasteiger partial charge in [0, 0.05) is 0 Å². The molecule has 0 radical (unpaired) electrons. The molecule has 0 N–H and O–H groups in total. The summed E-state index contributed by atoms with van der Waals surface area (Å²) in [5.74, 6) is 0. The fourth-order valence-electron chi connectivity index (χ4n) is 2.84. The van der Waals surface area contributed by atoms with Gasteiger partial charge in [-0.05, 0) is 18.6 Å². The molecule has 1 aromatic rings. The Labute approximate surface area is 156 Å². The quantitative estimate of drug-likeness (QED) is 0.207. The standard InChI is InChI=1S/C20H35NO3S/c1-2-3-4-5-6-7-8-9-10-11-12-16-19-24-21(25(22)23)20-17-14-13-15-18-20/h13-15,17-18H,2-12,16,19H2,1H3,(H,22,23)/p-1. The molecule has 4 nitrogen and oxygen atoms in total. The van der Waals surface area contributed by atoms with Crippen molar-refractivity contribution >= 4 is 17.0 Å². The molecule has 0 fully saturated rings. The van der Waals surface area contributed by atoms with E-state index in [1.165, 1.54) is 64.2 Å². The molecule has 144 valence electrons. The normalized spacial score (nSPS) is 12.2. The third-order valence-corrected chi connectivity index (χ3v) is 4.90. The van der Waals surface area contributed by atoms with E-state index in [4.69, 9.17) is 4.84 Å². The number of para-hydroxylation sites is 1. The molecule has 5 heteroatoms. The van der Waals surface area contributed by atoms with Gasteiger partial charge in [0.05, 0.1) is 23.6 Å². The predicted molar refractivity (Wildman–Crippen MR) is 105 cm³/mol. The lowest BCUT2D eigenvalue weighted by atomic mass is 10.1. The van der Waals surface area contributed by atoms with Gasteiger partial charge in [0.1, 0.15) is 0 Å². The Hall–Kier alpha value is -0.910. The zero-order valence-corrected chi connectivity index (χ0v) is 16.5. The van der Waals surface area contributed by atoms with Crippen LogP contribution in [0, 0.1) is 0 Å². The maximum Gasteiger partial charge on any atom is 0.0781 e. The van der Waals surface area contributed by atoms with Crippen molar-refractivity contribution in [3.05, 3.63) is 30.3 Å². The Balaban J connectivity index is 1.96. The SMILES string of the molecule is CCCCCCCCCCCCCCON(c1ccccc1)S(=O)[O-]. The van der Waals surface area contributed by atoms with E-state index < -0.39 is 11.3 Å². The lowest BCUT2D eigenvalue weighted by molar-refractivity contribution is 0.142. The van der Waals surface area contributed by atoms with Gasteiger partial charge < -0.3 is 4.55 Å². The number of unbranched alkanes of at least 4 members (excludes halogenated alkanes) is 11. The fourth-order valence-corrected chi connectivity index (χ4v) is 3.30. The van der Waals surface area contributed by atoms with Crippen LogP contribution in [0.3, 0.4) is 0 Å². The van der Waals surface area contributed by atoms with Crippen LogP contribution in [0.4, 0.5) is 5.69 Å². The van der Waals surface area contributed by atoms with Crippen LogP contribution < -0.4 is 4.47 Å². The first-order chi connectivity index (χ1) is 12.3. The molecular formula is C20H34NO3S-. The maximum absolute atomic E-state index is 11.3. The molecule has 0 bridgehead atoms. The molecule has 1 unspecified atom stereocenters. The van der Waals surface area contributed by atoms with E-state index >= 15 is 0 Å². The highest BCUT2D eigenvalue weighted by atomic mass is 32.2. The second kappa shape index (κ2) is 15.4.